The van der Waals surface area contributed by atoms with Crippen molar-refractivity contribution in [2.24, 2.45) is 0 Å². The van der Waals surface area contributed by atoms with Gasteiger partial charge in [-0.25, -0.2) is 0 Å². The largest absolute Gasteiger partial charge is 0.458 e. The zero-order valence-electron chi connectivity index (χ0n) is 9.63. The summed E-state index contributed by atoms with van der Waals surface area (Å²) in [4.78, 5) is 2.15. The summed E-state index contributed by atoms with van der Waals surface area (Å²) in [5.74, 6) is 1.80. The van der Waals surface area contributed by atoms with E-state index in [0.717, 1.165) is 22.9 Å². The van der Waals surface area contributed by atoms with Gasteiger partial charge in [0.25, 0.3) is 0 Å². The van der Waals surface area contributed by atoms with E-state index in [4.69, 9.17) is 4.74 Å². The lowest BCUT2D eigenvalue weighted by molar-refractivity contribution is 0.419. The van der Waals surface area contributed by atoms with E-state index in [1.165, 1.54) is 0 Å². The SMILES string of the molecule is CC1=CN(c2ccccc2)c2ccccc2O1. The van der Waals surface area contributed by atoms with Crippen LogP contribution in [0.4, 0.5) is 11.4 Å². The Morgan fingerprint density at radius 3 is 2.41 bits per heavy atom. The monoisotopic (exact) mass is 223 g/mol. The Kier molecular flexibility index (Phi) is 2.33. The number of ether oxygens (including phenoxy) is 1. The van der Waals surface area contributed by atoms with Crippen molar-refractivity contribution in [2.45, 2.75) is 6.92 Å². The van der Waals surface area contributed by atoms with Crippen molar-refractivity contribution in [1.82, 2.24) is 0 Å². The van der Waals surface area contributed by atoms with Crippen LogP contribution in [0.5, 0.6) is 5.75 Å². The Labute approximate surface area is 101 Å². The second-order valence-electron chi connectivity index (χ2n) is 4.02. The van der Waals surface area contributed by atoms with Gasteiger partial charge in [-0.1, -0.05) is 30.3 Å². The quantitative estimate of drug-likeness (QED) is 0.722. The number of allylic oxidation sites excluding steroid dienone is 1. The topological polar surface area (TPSA) is 12.5 Å². The molecule has 1 aliphatic heterocycles. The highest BCUT2D eigenvalue weighted by atomic mass is 16.5. The fraction of sp³-hybridized carbons (Fsp3) is 0.0667. The zero-order valence-corrected chi connectivity index (χ0v) is 9.63. The summed E-state index contributed by atoms with van der Waals surface area (Å²) < 4.78 is 5.70. The minimum Gasteiger partial charge on any atom is -0.458 e. The molecular weight excluding hydrogens is 210 g/mol. The highest BCUT2D eigenvalue weighted by molar-refractivity contribution is 5.73. The van der Waals surface area contributed by atoms with Crippen LogP contribution in [0.3, 0.4) is 0 Å². The molecule has 2 nitrogen and oxygen atoms in total. The molecule has 1 aliphatic rings. The normalized spacial score (nSPS) is 13.7. The van der Waals surface area contributed by atoms with E-state index in [1.54, 1.807) is 0 Å². The van der Waals surface area contributed by atoms with Crippen LogP contribution >= 0.6 is 0 Å². The second kappa shape index (κ2) is 3.98. The number of hydrogen-bond donors (Lipinski definition) is 0. The van der Waals surface area contributed by atoms with Crippen LogP contribution in [-0.4, -0.2) is 0 Å². The first-order valence-corrected chi connectivity index (χ1v) is 5.64. The molecule has 3 rings (SSSR count). The average molecular weight is 223 g/mol. The van der Waals surface area contributed by atoms with Crippen LogP contribution in [0.1, 0.15) is 6.92 Å². The van der Waals surface area contributed by atoms with Gasteiger partial charge >= 0.3 is 0 Å². The van der Waals surface area contributed by atoms with E-state index < -0.39 is 0 Å². The third kappa shape index (κ3) is 1.78. The van der Waals surface area contributed by atoms with Crippen LogP contribution < -0.4 is 9.64 Å². The standard InChI is InChI=1S/C15H13NO/c1-12-11-16(13-7-3-2-4-8-13)14-9-5-6-10-15(14)17-12/h2-11H,1H3. The first-order valence-electron chi connectivity index (χ1n) is 5.64. The summed E-state index contributed by atoms with van der Waals surface area (Å²) in [7, 11) is 0. The summed E-state index contributed by atoms with van der Waals surface area (Å²) in [6.45, 7) is 1.96. The number of nitrogens with zero attached hydrogens (tertiary/aromatic N) is 1. The van der Waals surface area contributed by atoms with Gasteiger partial charge in [-0.3, -0.25) is 0 Å². The molecule has 0 unspecified atom stereocenters. The highest BCUT2D eigenvalue weighted by Crippen LogP contribution is 2.38. The molecule has 0 radical (unpaired) electrons. The molecule has 2 aromatic carbocycles. The van der Waals surface area contributed by atoms with Gasteiger partial charge in [0.1, 0.15) is 5.76 Å². The van der Waals surface area contributed by atoms with Crippen LogP contribution in [-0.2, 0) is 0 Å². The number of hydrogen-bond acceptors (Lipinski definition) is 2. The van der Waals surface area contributed by atoms with Crippen molar-refractivity contribution in [2.75, 3.05) is 4.90 Å². The maximum atomic E-state index is 5.70. The van der Waals surface area contributed by atoms with Crippen LogP contribution in [0.2, 0.25) is 0 Å². The van der Waals surface area contributed by atoms with Gasteiger partial charge in [-0.2, -0.15) is 0 Å². The van der Waals surface area contributed by atoms with Crippen molar-refractivity contribution in [3.63, 3.8) is 0 Å². The van der Waals surface area contributed by atoms with Crippen LogP contribution in [0, 0.1) is 0 Å². The Bertz CT molecular complexity index is 560. The Morgan fingerprint density at radius 1 is 0.882 bits per heavy atom. The molecule has 17 heavy (non-hydrogen) atoms. The van der Waals surface area contributed by atoms with Crippen molar-refractivity contribution in [3.05, 3.63) is 66.6 Å². The molecule has 0 saturated heterocycles. The third-order valence-electron chi connectivity index (χ3n) is 2.74. The average Bonchev–Trinajstić information content (AvgIpc) is 2.39. The van der Waals surface area contributed by atoms with Gasteiger partial charge in [0.2, 0.25) is 0 Å². The summed E-state index contributed by atoms with van der Waals surface area (Å²) >= 11 is 0. The number of para-hydroxylation sites is 3. The van der Waals surface area contributed by atoms with Gasteiger partial charge in [-0.05, 0) is 31.2 Å². The van der Waals surface area contributed by atoms with Gasteiger partial charge in [0, 0.05) is 11.9 Å². The van der Waals surface area contributed by atoms with Gasteiger partial charge < -0.3 is 9.64 Å². The lowest BCUT2D eigenvalue weighted by Gasteiger charge is -2.28. The molecule has 0 aromatic heterocycles. The molecule has 0 spiro atoms. The highest BCUT2D eigenvalue weighted by Gasteiger charge is 2.17. The summed E-state index contributed by atoms with van der Waals surface area (Å²) in [6.07, 6.45) is 2.01. The number of rotatable bonds is 1. The second-order valence-corrected chi connectivity index (χ2v) is 4.02. The summed E-state index contributed by atoms with van der Waals surface area (Å²) in [5, 5.41) is 0. The Morgan fingerprint density at radius 2 is 1.59 bits per heavy atom. The van der Waals surface area contributed by atoms with Gasteiger partial charge in [0.15, 0.2) is 5.75 Å². The molecule has 0 bridgehead atoms. The van der Waals surface area contributed by atoms with E-state index >= 15 is 0 Å². The van der Waals surface area contributed by atoms with E-state index in [2.05, 4.69) is 23.1 Å². The van der Waals surface area contributed by atoms with Crippen LogP contribution in [0.15, 0.2) is 66.6 Å². The fourth-order valence-corrected chi connectivity index (χ4v) is 2.00. The summed E-state index contributed by atoms with van der Waals surface area (Å²) in [6, 6.07) is 18.3. The summed E-state index contributed by atoms with van der Waals surface area (Å²) in [5.41, 5.74) is 2.21. The minimum atomic E-state index is 0.896. The minimum absolute atomic E-state index is 0.896. The molecule has 0 saturated carbocycles. The van der Waals surface area contributed by atoms with E-state index in [9.17, 15) is 0 Å². The predicted molar refractivity (Wildman–Crippen MR) is 69.4 cm³/mol. The first-order chi connectivity index (χ1) is 8.34. The predicted octanol–water partition coefficient (Wildman–Crippen LogP) is 4.08. The molecule has 2 heteroatoms. The molecule has 2 aromatic rings. The maximum Gasteiger partial charge on any atom is 0.150 e. The Hall–Kier alpha value is -2.22. The molecule has 0 aliphatic carbocycles. The van der Waals surface area contributed by atoms with E-state index in [1.807, 2.05) is 49.5 Å². The van der Waals surface area contributed by atoms with Gasteiger partial charge in [-0.15, -0.1) is 0 Å². The van der Waals surface area contributed by atoms with Crippen molar-refractivity contribution in [3.8, 4) is 5.75 Å². The lowest BCUT2D eigenvalue weighted by atomic mass is 10.2. The van der Waals surface area contributed by atoms with E-state index in [0.29, 0.717) is 0 Å². The molecule has 1 heterocycles. The number of benzene rings is 2. The van der Waals surface area contributed by atoms with Crippen LogP contribution in [0.25, 0.3) is 0 Å². The number of fused-ring (bicyclic) bond motifs is 1. The maximum absolute atomic E-state index is 5.70. The molecule has 0 atom stereocenters. The van der Waals surface area contributed by atoms with Gasteiger partial charge in [0.05, 0.1) is 5.69 Å². The molecule has 84 valence electrons. The van der Waals surface area contributed by atoms with E-state index in [-0.39, 0.29) is 0 Å². The molecule has 0 amide bonds. The Balaban J connectivity index is 2.12. The third-order valence-corrected chi connectivity index (χ3v) is 2.74. The first kappa shape index (κ1) is 9.97. The molecule has 0 fully saturated rings. The smallest absolute Gasteiger partial charge is 0.150 e. The molecular formula is C15H13NO. The fourth-order valence-electron chi connectivity index (χ4n) is 2.00. The van der Waals surface area contributed by atoms with Crippen molar-refractivity contribution < 1.29 is 4.74 Å². The molecule has 0 N–H and O–H groups in total. The lowest BCUT2D eigenvalue weighted by Crippen LogP contribution is -2.16. The van der Waals surface area contributed by atoms with Crippen molar-refractivity contribution >= 4 is 11.4 Å². The number of anilines is 2. The zero-order chi connectivity index (χ0) is 11.7. The van der Waals surface area contributed by atoms with Crippen molar-refractivity contribution in [1.29, 1.82) is 0 Å².